The van der Waals surface area contributed by atoms with E-state index >= 15 is 0 Å². The minimum Gasteiger partial charge on any atom is -0.506 e. The van der Waals surface area contributed by atoms with E-state index in [1.165, 1.54) is 43.2 Å². The lowest BCUT2D eigenvalue weighted by atomic mass is 9.88. The average Bonchev–Trinajstić information content (AvgIpc) is 2.71. The lowest BCUT2D eigenvalue weighted by molar-refractivity contribution is 0.366. The summed E-state index contributed by atoms with van der Waals surface area (Å²) >= 11 is 6.44. The molecule has 3 heteroatoms. The third kappa shape index (κ3) is 2.96. The summed E-state index contributed by atoms with van der Waals surface area (Å²) in [6.07, 6.45) is 9.24. The van der Waals surface area contributed by atoms with E-state index in [2.05, 4.69) is 11.4 Å². The molecule has 0 aromatic heterocycles. The smallest absolute Gasteiger partial charge is 0.137 e. The van der Waals surface area contributed by atoms with Gasteiger partial charge in [-0.25, -0.2) is 0 Å². The summed E-state index contributed by atoms with van der Waals surface area (Å²) in [5.74, 6) is 1.04. The first-order valence-corrected chi connectivity index (χ1v) is 8.36. The molecule has 20 heavy (non-hydrogen) atoms. The number of piperidine rings is 1. The van der Waals surface area contributed by atoms with E-state index in [-0.39, 0.29) is 0 Å². The van der Waals surface area contributed by atoms with Crippen molar-refractivity contribution in [2.75, 3.05) is 13.1 Å². The summed E-state index contributed by atoms with van der Waals surface area (Å²) in [6.45, 7) is 2.20. The summed E-state index contributed by atoms with van der Waals surface area (Å²) in [5.41, 5.74) is 3.66. The lowest BCUT2D eigenvalue weighted by Gasteiger charge is -2.24. The number of phenols is 1. The highest BCUT2D eigenvalue weighted by Crippen LogP contribution is 2.38. The van der Waals surface area contributed by atoms with E-state index in [0.717, 1.165) is 37.9 Å². The van der Waals surface area contributed by atoms with Gasteiger partial charge in [0.15, 0.2) is 0 Å². The standard InChI is InChI=1S/C17H24ClNO/c18-16-15-5-3-1-2-4-13(15)11-14(17(16)20)10-12-6-8-19-9-7-12/h11-12,19-20H,1-10H2. The molecule has 0 radical (unpaired) electrons. The van der Waals surface area contributed by atoms with Crippen molar-refractivity contribution >= 4 is 11.6 Å². The van der Waals surface area contributed by atoms with Crippen molar-refractivity contribution in [2.24, 2.45) is 5.92 Å². The number of halogens is 1. The molecule has 1 aliphatic heterocycles. The zero-order valence-corrected chi connectivity index (χ0v) is 12.8. The Morgan fingerprint density at radius 3 is 2.70 bits per heavy atom. The van der Waals surface area contributed by atoms with Crippen LogP contribution in [0.5, 0.6) is 5.75 Å². The first-order valence-electron chi connectivity index (χ1n) is 7.98. The Labute approximate surface area is 126 Å². The Hall–Kier alpha value is -0.730. The Morgan fingerprint density at radius 2 is 1.90 bits per heavy atom. The predicted octanol–water partition coefficient (Wildman–Crippen LogP) is 3.86. The number of benzene rings is 1. The van der Waals surface area contributed by atoms with Gasteiger partial charge in [-0.05, 0) is 80.6 Å². The zero-order chi connectivity index (χ0) is 13.9. The fourth-order valence-corrected chi connectivity index (χ4v) is 3.97. The van der Waals surface area contributed by atoms with Crippen LogP contribution in [-0.2, 0) is 19.3 Å². The van der Waals surface area contributed by atoms with Gasteiger partial charge in [0.25, 0.3) is 0 Å². The molecule has 0 saturated carbocycles. The van der Waals surface area contributed by atoms with Crippen LogP contribution in [0, 0.1) is 5.92 Å². The number of fused-ring (bicyclic) bond motifs is 1. The van der Waals surface area contributed by atoms with Gasteiger partial charge >= 0.3 is 0 Å². The van der Waals surface area contributed by atoms with Crippen LogP contribution in [0.4, 0.5) is 0 Å². The van der Waals surface area contributed by atoms with Gasteiger partial charge in [0.1, 0.15) is 5.75 Å². The molecular formula is C17H24ClNO. The Balaban J connectivity index is 1.86. The second-order valence-electron chi connectivity index (χ2n) is 6.29. The molecule has 1 aromatic rings. The number of aromatic hydroxyl groups is 1. The van der Waals surface area contributed by atoms with Crippen LogP contribution in [0.15, 0.2) is 6.07 Å². The number of hydrogen-bond donors (Lipinski definition) is 2. The van der Waals surface area contributed by atoms with Crippen molar-refractivity contribution < 1.29 is 5.11 Å². The second-order valence-corrected chi connectivity index (χ2v) is 6.67. The number of phenolic OH excluding ortho intramolecular Hbond substituents is 1. The third-order valence-corrected chi connectivity index (χ3v) is 5.26. The van der Waals surface area contributed by atoms with Crippen LogP contribution >= 0.6 is 11.6 Å². The van der Waals surface area contributed by atoms with E-state index in [9.17, 15) is 5.11 Å². The summed E-state index contributed by atoms with van der Waals surface area (Å²) in [5, 5.41) is 14.5. The molecule has 1 saturated heterocycles. The number of nitrogens with one attached hydrogen (secondary N) is 1. The van der Waals surface area contributed by atoms with Gasteiger partial charge < -0.3 is 10.4 Å². The van der Waals surface area contributed by atoms with Crippen LogP contribution < -0.4 is 5.32 Å². The van der Waals surface area contributed by atoms with E-state index in [1.54, 1.807) is 0 Å². The fourth-order valence-electron chi connectivity index (χ4n) is 3.63. The summed E-state index contributed by atoms with van der Waals surface area (Å²) in [6, 6.07) is 2.24. The minimum absolute atomic E-state index is 0.353. The monoisotopic (exact) mass is 293 g/mol. The third-order valence-electron chi connectivity index (χ3n) is 4.85. The van der Waals surface area contributed by atoms with Crippen molar-refractivity contribution in [3.63, 3.8) is 0 Å². The average molecular weight is 294 g/mol. The molecule has 2 aliphatic rings. The molecule has 1 heterocycles. The maximum Gasteiger partial charge on any atom is 0.137 e. The fraction of sp³-hybridized carbons (Fsp3) is 0.647. The van der Waals surface area contributed by atoms with Crippen molar-refractivity contribution in [2.45, 2.75) is 51.4 Å². The number of aryl methyl sites for hydroxylation is 1. The molecule has 0 unspecified atom stereocenters. The normalized spacial score (nSPS) is 20.4. The molecule has 110 valence electrons. The molecule has 0 atom stereocenters. The molecule has 2 N–H and O–H groups in total. The molecule has 0 amide bonds. The minimum atomic E-state index is 0.353. The second kappa shape index (κ2) is 6.36. The first kappa shape index (κ1) is 14.2. The number of rotatable bonds is 2. The van der Waals surface area contributed by atoms with Gasteiger partial charge in [0.2, 0.25) is 0 Å². The summed E-state index contributed by atoms with van der Waals surface area (Å²) < 4.78 is 0. The quantitative estimate of drug-likeness (QED) is 0.812. The van der Waals surface area contributed by atoms with Crippen molar-refractivity contribution in [3.05, 3.63) is 27.8 Å². The van der Waals surface area contributed by atoms with E-state index in [0.29, 0.717) is 16.7 Å². The van der Waals surface area contributed by atoms with Crippen LogP contribution in [0.3, 0.4) is 0 Å². The Kier molecular flexibility index (Phi) is 4.52. The molecule has 1 aliphatic carbocycles. The van der Waals surface area contributed by atoms with E-state index in [1.807, 2.05) is 0 Å². The van der Waals surface area contributed by atoms with Crippen molar-refractivity contribution in [1.82, 2.24) is 5.32 Å². The Bertz CT molecular complexity index is 480. The highest BCUT2D eigenvalue weighted by Gasteiger charge is 2.21. The summed E-state index contributed by atoms with van der Waals surface area (Å²) in [7, 11) is 0. The largest absolute Gasteiger partial charge is 0.506 e. The molecule has 2 nitrogen and oxygen atoms in total. The topological polar surface area (TPSA) is 32.3 Å². The van der Waals surface area contributed by atoms with Gasteiger partial charge in [-0.15, -0.1) is 0 Å². The van der Waals surface area contributed by atoms with Gasteiger partial charge in [-0.2, -0.15) is 0 Å². The zero-order valence-electron chi connectivity index (χ0n) is 12.1. The van der Waals surface area contributed by atoms with Gasteiger partial charge in [-0.3, -0.25) is 0 Å². The molecule has 1 fully saturated rings. The maximum atomic E-state index is 10.4. The highest BCUT2D eigenvalue weighted by atomic mass is 35.5. The van der Waals surface area contributed by atoms with E-state index < -0.39 is 0 Å². The molecule has 3 rings (SSSR count). The van der Waals surface area contributed by atoms with Crippen molar-refractivity contribution in [1.29, 1.82) is 0 Å². The molecular weight excluding hydrogens is 270 g/mol. The molecule has 0 spiro atoms. The van der Waals surface area contributed by atoms with Crippen molar-refractivity contribution in [3.8, 4) is 5.75 Å². The molecule has 0 bridgehead atoms. The van der Waals surface area contributed by atoms with Gasteiger partial charge in [-0.1, -0.05) is 24.1 Å². The summed E-state index contributed by atoms with van der Waals surface area (Å²) in [4.78, 5) is 0. The number of hydrogen-bond acceptors (Lipinski definition) is 2. The predicted molar refractivity (Wildman–Crippen MR) is 83.7 cm³/mol. The van der Waals surface area contributed by atoms with Gasteiger partial charge in [0.05, 0.1) is 5.02 Å². The lowest BCUT2D eigenvalue weighted by Crippen LogP contribution is -2.28. The molecule has 1 aromatic carbocycles. The van der Waals surface area contributed by atoms with Crippen LogP contribution in [-0.4, -0.2) is 18.2 Å². The van der Waals surface area contributed by atoms with Crippen LogP contribution in [0.2, 0.25) is 5.02 Å². The van der Waals surface area contributed by atoms with Crippen LogP contribution in [0.1, 0.15) is 48.8 Å². The Morgan fingerprint density at radius 1 is 1.15 bits per heavy atom. The van der Waals surface area contributed by atoms with E-state index in [4.69, 9.17) is 11.6 Å². The maximum absolute atomic E-state index is 10.4. The van der Waals surface area contributed by atoms with Crippen LogP contribution in [0.25, 0.3) is 0 Å². The van der Waals surface area contributed by atoms with Gasteiger partial charge in [0, 0.05) is 0 Å². The highest BCUT2D eigenvalue weighted by molar-refractivity contribution is 6.33. The first-order chi connectivity index (χ1) is 9.75. The SMILES string of the molecule is Oc1c(CC2CCNCC2)cc2c(c1Cl)CCCCC2.